The van der Waals surface area contributed by atoms with E-state index in [0.29, 0.717) is 35.3 Å². The van der Waals surface area contributed by atoms with E-state index in [-0.39, 0.29) is 5.91 Å². The fourth-order valence-corrected chi connectivity index (χ4v) is 2.86. The van der Waals surface area contributed by atoms with Crippen molar-refractivity contribution in [1.29, 1.82) is 0 Å². The van der Waals surface area contributed by atoms with Crippen molar-refractivity contribution in [3.8, 4) is 0 Å². The number of fused-ring (bicyclic) bond motifs is 1. The van der Waals surface area contributed by atoms with Crippen LogP contribution >= 0.6 is 11.6 Å². The van der Waals surface area contributed by atoms with Crippen LogP contribution in [0.1, 0.15) is 26.2 Å². The molecule has 1 amide bonds. The number of nitrogens with zero attached hydrogens (tertiary/aromatic N) is 5. The Morgan fingerprint density at radius 3 is 3.10 bits per heavy atom. The molecule has 7 heteroatoms. The number of hydrogen-bond donors (Lipinski definition) is 0. The Morgan fingerprint density at radius 1 is 1.45 bits per heavy atom. The summed E-state index contributed by atoms with van der Waals surface area (Å²) in [5, 5.41) is 8.20. The van der Waals surface area contributed by atoms with Gasteiger partial charge in [-0.2, -0.15) is 0 Å². The molecule has 0 N–H and O–H groups in total. The lowest BCUT2D eigenvalue weighted by Crippen LogP contribution is -2.27. The molecule has 0 aliphatic carbocycles. The van der Waals surface area contributed by atoms with Crippen LogP contribution in [0.5, 0.6) is 0 Å². The Balaban J connectivity index is 1.78. The molecule has 1 aliphatic heterocycles. The minimum atomic E-state index is 0.201. The first-order valence-corrected chi connectivity index (χ1v) is 7.17. The minimum Gasteiger partial charge on any atom is -0.324 e. The van der Waals surface area contributed by atoms with Crippen molar-refractivity contribution in [3.63, 3.8) is 0 Å². The maximum atomic E-state index is 12.0. The number of carbonyl (C=O) groups is 1. The van der Waals surface area contributed by atoms with Crippen LogP contribution in [0.25, 0.3) is 11.2 Å². The highest BCUT2D eigenvalue weighted by Gasteiger charge is 2.29. The van der Waals surface area contributed by atoms with Crippen molar-refractivity contribution in [2.24, 2.45) is 5.92 Å². The zero-order valence-electron chi connectivity index (χ0n) is 11.3. The third kappa shape index (κ3) is 2.47. The van der Waals surface area contributed by atoms with Crippen LogP contribution in [0.15, 0.2) is 12.4 Å². The van der Waals surface area contributed by atoms with E-state index in [9.17, 15) is 4.79 Å². The van der Waals surface area contributed by atoms with Crippen LogP contribution in [0.2, 0.25) is 5.15 Å². The maximum Gasteiger partial charge on any atom is 0.224 e. The van der Waals surface area contributed by atoms with Gasteiger partial charge in [-0.3, -0.25) is 9.36 Å². The molecule has 2 aromatic rings. The van der Waals surface area contributed by atoms with Crippen LogP contribution < -0.4 is 0 Å². The maximum absolute atomic E-state index is 12.0. The van der Waals surface area contributed by atoms with E-state index in [0.717, 1.165) is 19.4 Å². The molecule has 0 saturated carbocycles. The Kier molecular flexibility index (Phi) is 3.56. The summed E-state index contributed by atoms with van der Waals surface area (Å²) >= 11 is 5.79. The van der Waals surface area contributed by atoms with Crippen molar-refractivity contribution in [2.45, 2.75) is 32.9 Å². The molecule has 0 aromatic carbocycles. The highest BCUT2D eigenvalue weighted by molar-refractivity contribution is 6.29. The zero-order valence-corrected chi connectivity index (χ0v) is 12.0. The van der Waals surface area contributed by atoms with E-state index in [1.165, 1.54) is 0 Å². The van der Waals surface area contributed by atoms with Crippen molar-refractivity contribution >= 4 is 28.7 Å². The molecule has 6 nitrogen and oxygen atoms in total. The van der Waals surface area contributed by atoms with Gasteiger partial charge in [0.05, 0.1) is 6.33 Å². The summed E-state index contributed by atoms with van der Waals surface area (Å²) in [6, 6.07) is 1.67. The van der Waals surface area contributed by atoms with Gasteiger partial charge in [0.2, 0.25) is 5.91 Å². The van der Waals surface area contributed by atoms with E-state index in [4.69, 9.17) is 11.6 Å². The molecule has 1 aliphatic rings. The molecular formula is C13H16ClN5O. The van der Waals surface area contributed by atoms with Gasteiger partial charge >= 0.3 is 0 Å². The zero-order chi connectivity index (χ0) is 14.1. The third-order valence-corrected chi connectivity index (χ3v) is 3.83. The predicted octanol–water partition coefficient (Wildman–Crippen LogP) is 2.09. The average Bonchev–Trinajstić information content (AvgIpc) is 2.95. The molecule has 0 spiro atoms. The normalized spacial score (nSPS) is 19.2. The van der Waals surface area contributed by atoms with E-state index in [2.05, 4.69) is 22.1 Å². The summed E-state index contributed by atoms with van der Waals surface area (Å²) < 4.78 is 1.84. The Bertz CT molecular complexity index is 641. The second-order valence-electron chi connectivity index (χ2n) is 5.21. The first kappa shape index (κ1) is 13.3. The third-order valence-electron chi connectivity index (χ3n) is 3.65. The SMILES string of the molecule is CCCC1CC(=O)N(Cn2cnc3cc(Cl)nnc32)C1. The molecule has 0 radical (unpaired) electrons. The van der Waals surface area contributed by atoms with Crippen molar-refractivity contribution in [3.05, 3.63) is 17.5 Å². The molecule has 1 fully saturated rings. The Morgan fingerprint density at radius 2 is 2.30 bits per heavy atom. The monoisotopic (exact) mass is 293 g/mol. The lowest BCUT2D eigenvalue weighted by atomic mass is 10.0. The van der Waals surface area contributed by atoms with Crippen LogP contribution in [0.4, 0.5) is 0 Å². The highest BCUT2D eigenvalue weighted by atomic mass is 35.5. The van der Waals surface area contributed by atoms with E-state index in [1.54, 1.807) is 12.4 Å². The van der Waals surface area contributed by atoms with Gasteiger partial charge in [-0.05, 0) is 12.3 Å². The summed E-state index contributed by atoms with van der Waals surface area (Å²) in [6.07, 6.45) is 4.54. The average molecular weight is 294 g/mol. The number of imidazole rings is 1. The molecule has 20 heavy (non-hydrogen) atoms. The van der Waals surface area contributed by atoms with Crippen LogP contribution in [-0.4, -0.2) is 37.1 Å². The molecule has 3 rings (SSSR count). The van der Waals surface area contributed by atoms with Crippen LogP contribution in [0.3, 0.4) is 0 Å². The second-order valence-corrected chi connectivity index (χ2v) is 5.59. The number of halogens is 1. The smallest absolute Gasteiger partial charge is 0.224 e. The Hall–Kier alpha value is -1.69. The number of amides is 1. The van der Waals surface area contributed by atoms with Gasteiger partial charge in [-0.25, -0.2) is 4.98 Å². The summed E-state index contributed by atoms with van der Waals surface area (Å²) in [5.74, 6) is 0.676. The minimum absolute atomic E-state index is 0.201. The number of hydrogen-bond acceptors (Lipinski definition) is 4. The van der Waals surface area contributed by atoms with Gasteiger partial charge < -0.3 is 4.90 Å². The standard InChI is InChI=1S/C13H16ClN5O/c1-2-3-9-4-12(20)18(6-9)8-19-7-15-10-5-11(14)16-17-13(10)19/h5,7,9H,2-4,6,8H2,1H3. The molecule has 3 heterocycles. The van der Waals surface area contributed by atoms with Gasteiger partial charge in [0.25, 0.3) is 0 Å². The summed E-state index contributed by atoms with van der Waals surface area (Å²) in [7, 11) is 0. The fraction of sp³-hybridized carbons (Fsp3) is 0.538. The summed E-state index contributed by atoms with van der Waals surface area (Å²) in [6.45, 7) is 3.44. The highest BCUT2D eigenvalue weighted by Crippen LogP contribution is 2.23. The van der Waals surface area contributed by atoms with Crippen LogP contribution in [-0.2, 0) is 11.5 Å². The van der Waals surface area contributed by atoms with E-state index < -0.39 is 0 Å². The molecule has 1 atom stereocenters. The van der Waals surface area contributed by atoms with Gasteiger partial charge in [-0.1, -0.05) is 24.9 Å². The lowest BCUT2D eigenvalue weighted by Gasteiger charge is -2.17. The summed E-state index contributed by atoms with van der Waals surface area (Å²) in [5.41, 5.74) is 1.35. The lowest BCUT2D eigenvalue weighted by molar-refractivity contribution is -0.129. The van der Waals surface area contributed by atoms with Gasteiger partial charge in [0.15, 0.2) is 10.8 Å². The number of carbonyl (C=O) groups excluding carboxylic acids is 1. The quantitative estimate of drug-likeness (QED) is 0.866. The van der Waals surface area contributed by atoms with Gasteiger partial charge in [0.1, 0.15) is 12.2 Å². The number of likely N-dealkylation sites (tertiary alicyclic amines) is 1. The largest absolute Gasteiger partial charge is 0.324 e. The number of rotatable bonds is 4. The van der Waals surface area contributed by atoms with Crippen molar-refractivity contribution in [2.75, 3.05) is 6.54 Å². The molecule has 106 valence electrons. The fourth-order valence-electron chi connectivity index (χ4n) is 2.72. The molecular weight excluding hydrogens is 278 g/mol. The van der Waals surface area contributed by atoms with E-state index >= 15 is 0 Å². The van der Waals surface area contributed by atoms with Gasteiger partial charge in [-0.15, -0.1) is 10.2 Å². The first-order chi connectivity index (χ1) is 9.67. The number of aromatic nitrogens is 4. The van der Waals surface area contributed by atoms with Crippen molar-refractivity contribution in [1.82, 2.24) is 24.6 Å². The molecule has 0 bridgehead atoms. The summed E-state index contributed by atoms with van der Waals surface area (Å²) in [4.78, 5) is 18.1. The molecule has 1 saturated heterocycles. The van der Waals surface area contributed by atoms with Gasteiger partial charge in [0, 0.05) is 19.0 Å². The van der Waals surface area contributed by atoms with Crippen LogP contribution in [0, 0.1) is 5.92 Å². The topological polar surface area (TPSA) is 63.9 Å². The second kappa shape index (κ2) is 5.36. The predicted molar refractivity (Wildman–Crippen MR) is 75.1 cm³/mol. The van der Waals surface area contributed by atoms with Crippen molar-refractivity contribution < 1.29 is 4.79 Å². The van der Waals surface area contributed by atoms with E-state index in [1.807, 2.05) is 9.47 Å². The molecule has 1 unspecified atom stereocenters. The first-order valence-electron chi connectivity index (χ1n) is 6.79. The Labute approximate surface area is 121 Å². The molecule has 2 aromatic heterocycles.